The van der Waals surface area contributed by atoms with Crippen LogP contribution in [0.4, 0.5) is 11.4 Å². The number of para-hydroxylation sites is 1. The van der Waals surface area contributed by atoms with Gasteiger partial charge in [-0.1, -0.05) is 54.6 Å². The molecule has 8 rings (SSSR count). The van der Waals surface area contributed by atoms with E-state index in [1.807, 2.05) is 42.9 Å². The second-order valence-corrected chi connectivity index (χ2v) is 16.1. The number of carbonyl (C=O) groups is 1. The summed E-state index contributed by atoms with van der Waals surface area (Å²) in [6, 6.07) is 29.2. The van der Waals surface area contributed by atoms with Gasteiger partial charge in [-0.25, -0.2) is 9.93 Å². The van der Waals surface area contributed by atoms with Crippen molar-refractivity contribution in [3.63, 3.8) is 0 Å². The minimum Gasteiger partial charge on any atom is -0.493 e. The number of benzene rings is 4. The Morgan fingerprint density at radius 2 is 1.54 bits per heavy atom. The minimum absolute atomic E-state index is 0.286. The van der Waals surface area contributed by atoms with E-state index >= 15 is 0 Å². The molecule has 4 heterocycles. The van der Waals surface area contributed by atoms with E-state index in [9.17, 15) is 13.2 Å². The fraction of sp³-hybridized carbons (Fsp3) is 0.349. The van der Waals surface area contributed by atoms with Crippen LogP contribution in [0.15, 0.2) is 84.9 Å². The van der Waals surface area contributed by atoms with Crippen molar-refractivity contribution in [1.29, 1.82) is 0 Å². The van der Waals surface area contributed by atoms with Crippen LogP contribution in [0.2, 0.25) is 0 Å². The van der Waals surface area contributed by atoms with Gasteiger partial charge in [0.15, 0.2) is 0 Å². The highest BCUT2D eigenvalue weighted by Crippen LogP contribution is 2.40. The summed E-state index contributed by atoms with van der Waals surface area (Å²) in [6.45, 7) is 8.60. The van der Waals surface area contributed by atoms with Crippen LogP contribution >= 0.6 is 0 Å². The van der Waals surface area contributed by atoms with Crippen LogP contribution in [-0.4, -0.2) is 79.0 Å². The van der Waals surface area contributed by atoms with Gasteiger partial charge < -0.3 is 23.8 Å². The van der Waals surface area contributed by atoms with Crippen LogP contribution in [0.3, 0.4) is 0 Å². The maximum Gasteiger partial charge on any atom is 0.355 e. The number of hydrogen-bond acceptors (Lipinski definition) is 8. The number of fused-ring (bicyclic) bond motifs is 3. The normalized spacial score (nSPS) is 15.3. The highest BCUT2D eigenvalue weighted by molar-refractivity contribution is 7.86. The van der Waals surface area contributed by atoms with E-state index in [-0.39, 0.29) is 12.6 Å². The van der Waals surface area contributed by atoms with Crippen LogP contribution in [-0.2, 0) is 41.5 Å². The van der Waals surface area contributed by atoms with E-state index in [0.29, 0.717) is 58.0 Å². The largest absolute Gasteiger partial charge is 0.493 e. The van der Waals surface area contributed by atoms with Crippen molar-refractivity contribution in [2.24, 2.45) is 12.2 Å². The highest BCUT2D eigenvalue weighted by atomic mass is 32.2. The Bertz CT molecular complexity index is 2500. The summed E-state index contributed by atoms with van der Waals surface area (Å²) in [7, 11) is -1.69. The van der Waals surface area contributed by atoms with E-state index in [1.54, 1.807) is 0 Å². The Morgan fingerprint density at radius 1 is 0.839 bits per heavy atom. The van der Waals surface area contributed by atoms with E-state index in [4.69, 9.17) is 19.7 Å². The Labute approximate surface area is 328 Å². The van der Waals surface area contributed by atoms with Gasteiger partial charge in [0, 0.05) is 79.6 Å². The van der Waals surface area contributed by atoms with E-state index in [1.165, 1.54) is 4.31 Å². The molecule has 0 radical (unpaired) electrons. The third kappa shape index (κ3) is 7.22. The van der Waals surface area contributed by atoms with Gasteiger partial charge >= 0.3 is 5.97 Å². The molecule has 56 heavy (non-hydrogen) atoms. The fourth-order valence-electron chi connectivity index (χ4n) is 8.56. The quantitative estimate of drug-likeness (QED) is 0.125. The third-order valence-electron chi connectivity index (χ3n) is 11.2. The first-order valence-corrected chi connectivity index (χ1v) is 20.9. The van der Waals surface area contributed by atoms with Crippen LogP contribution < -0.4 is 19.7 Å². The van der Waals surface area contributed by atoms with Gasteiger partial charge in [0.2, 0.25) is 0 Å². The van der Waals surface area contributed by atoms with Crippen LogP contribution in [0.1, 0.15) is 47.2 Å². The van der Waals surface area contributed by atoms with Crippen LogP contribution in [0.25, 0.3) is 32.8 Å². The Balaban J connectivity index is 1.11. The Hall–Kier alpha value is -5.37. The highest BCUT2D eigenvalue weighted by Gasteiger charge is 2.29. The topological polar surface area (TPSA) is 128 Å². The second kappa shape index (κ2) is 15.6. The molecule has 2 aromatic heterocycles. The zero-order valence-electron chi connectivity index (χ0n) is 32.3. The molecule has 1 saturated heterocycles. The summed E-state index contributed by atoms with van der Waals surface area (Å²) < 4.78 is 41.3. The first kappa shape index (κ1) is 37.5. The molecular formula is C43H49N7O5S. The SMILES string of the molecule is CCOC(=O)c1c(CCCOc2cccc3ccccc23)c2cccc3c2n1CCCN(c1ccc(N2CCN(S(N)(=O)=O)CC2)cc1)Cc1c-3c(C)nn1C. The second-order valence-electron chi connectivity index (χ2n) is 14.6. The van der Waals surface area contributed by atoms with Crippen molar-refractivity contribution in [2.45, 2.75) is 46.2 Å². The van der Waals surface area contributed by atoms with Gasteiger partial charge in [0.1, 0.15) is 11.4 Å². The summed E-state index contributed by atoms with van der Waals surface area (Å²) in [6.07, 6.45) is 2.17. The summed E-state index contributed by atoms with van der Waals surface area (Å²) in [5.74, 6) is 0.552. The molecule has 2 aliphatic heterocycles. The van der Waals surface area contributed by atoms with Crippen LogP contribution in [0.5, 0.6) is 5.75 Å². The fourth-order valence-corrected chi connectivity index (χ4v) is 9.23. The lowest BCUT2D eigenvalue weighted by molar-refractivity contribution is 0.0512. The number of anilines is 2. The zero-order valence-corrected chi connectivity index (χ0v) is 33.1. The molecule has 0 bridgehead atoms. The average molecular weight is 776 g/mol. The molecule has 1 fully saturated rings. The molecule has 0 spiro atoms. The number of rotatable bonds is 10. The van der Waals surface area contributed by atoms with Crippen LogP contribution in [0, 0.1) is 6.92 Å². The van der Waals surface area contributed by atoms with Gasteiger partial charge in [-0.2, -0.15) is 17.8 Å². The summed E-state index contributed by atoms with van der Waals surface area (Å²) in [5, 5.41) is 13.6. The maximum absolute atomic E-state index is 14.0. The number of nitrogens with two attached hydrogens (primary N) is 1. The molecule has 0 atom stereocenters. The van der Waals surface area contributed by atoms with E-state index in [2.05, 4.69) is 82.0 Å². The number of aryl methyl sites for hydroxylation is 4. The molecule has 0 unspecified atom stereocenters. The van der Waals surface area contributed by atoms with Crippen molar-refractivity contribution in [1.82, 2.24) is 18.7 Å². The summed E-state index contributed by atoms with van der Waals surface area (Å²) in [5.41, 5.74) is 8.92. The lowest BCUT2D eigenvalue weighted by atomic mass is 9.97. The number of ether oxygens (including phenoxy) is 2. The molecule has 0 aliphatic carbocycles. The van der Waals surface area contributed by atoms with Gasteiger partial charge in [0.25, 0.3) is 10.2 Å². The molecule has 2 N–H and O–H groups in total. The first-order chi connectivity index (χ1) is 27.1. The molecule has 2 aliphatic rings. The van der Waals surface area contributed by atoms with Crippen molar-refractivity contribution in [3.05, 3.63) is 108 Å². The van der Waals surface area contributed by atoms with Crippen molar-refractivity contribution in [2.75, 3.05) is 55.7 Å². The molecule has 12 nitrogen and oxygen atoms in total. The van der Waals surface area contributed by atoms with Crippen molar-refractivity contribution < 1.29 is 22.7 Å². The Morgan fingerprint density at radius 3 is 2.29 bits per heavy atom. The summed E-state index contributed by atoms with van der Waals surface area (Å²) in [4.78, 5) is 18.6. The number of carbonyl (C=O) groups excluding carboxylic acids is 1. The predicted octanol–water partition coefficient (Wildman–Crippen LogP) is 6.43. The maximum atomic E-state index is 14.0. The minimum atomic E-state index is -3.69. The standard InChI is InChI=1S/C43H49N7O5S/c1-4-54-43(51)42-36(16-9-28-55-39-17-7-12-31-11-5-6-13-34(31)39)35-14-8-15-37-40-30(2)45-46(3)38(40)29-48(22-10-23-50(42)41(35)37)33-20-18-32(19-21-33)47-24-26-49(27-25-47)56(44,52)53/h5-8,11-15,17-21H,4,9-10,16,22-29H2,1-3H3,(H2,44,52,53). The van der Waals surface area contributed by atoms with E-state index < -0.39 is 10.2 Å². The number of nitrogens with zero attached hydrogens (tertiary/aromatic N) is 6. The lowest BCUT2D eigenvalue weighted by Gasteiger charge is -2.34. The molecule has 13 heteroatoms. The van der Waals surface area contributed by atoms with Crippen molar-refractivity contribution >= 4 is 49.2 Å². The van der Waals surface area contributed by atoms with Gasteiger partial charge in [-0.3, -0.25) is 4.68 Å². The molecule has 0 saturated carbocycles. The molecule has 4 aromatic carbocycles. The Kier molecular flexibility index (Phi) is 10.5. The number of esters is 1. The van der Waals surface area contributed by atoms with Gasteiger partial charge in [-0.05, 0) is 74.4 Å². The number of hydrogen-bond donors (Lipinski definition) is 1. The predicted molar refractivity (Wildman–Crippen MR) is 222 cm³/mol. The monoisotopic (exact) mass is 775 g/mol. The summed E-state index contributed by atoms with van der Waals surface area (Å²) >= 11 is 0. The molecular weight excluding hydrogens is 727 g/mol. The number of piperazine rings is 1. The third-order valence-corrected chi connectivity index (χ3v) is 12.3. The van der Waals surface area contributed by atoms with Crippen molar-refractivity contribution in [3.8, 4) is 16.9 Å². The zero-order chi connectivity index (χ0) is 39.0. The molecule has 0 amide bonds. The van der Waals surface area contributed by atoms with Gasteiger partial charge in [-0.15, -0.1) is 0 Å². The smallest absolute Gasteiger partial charge is 0.355 e. The number of aromatic nitrogens is 3. The molecule has 292 valence electrons. The van der Waals surface area contributed by atoms with Gasteiger partial charge in [0.05, 0.1) is 36.7 Å². The lowest BCUT2D eigenvalue weighted by Crippen LogP contribution is -2.50. The molecule has 6 aromatic rings. The van der Waals surface area contributed by atoms with E-state index in [0.717, 1.165) is 86.3 Å². The average Bonchev–Trinajstić information content (AvgIpc) is 3.67. The first-order valence-electron chi connectivity index (χ1n) is 19.4.